The van der Waals surface area contributed by atoms with Crippen LogP contribution in [0.2, 0.25) is 0 Å². The summed E-state index contributed by atoms with van der Waals surface area (Å²) in [6, 6.07) is 7.14. The molecule has 0 aromatic heterocycles. The van der Waals surface area contributed by atoms with Crippen molar-refractivity contribution in [3.63, 3.8) is 0 Å². The molecule has 31 heavy (non-hydrogen) atoms. The van der Waals surface area contributed by atoms with Crippen LogP contribution in [0.15, 0.2) is 24.3 Å². The lowest BCUT2D eigenvalue weighted by molar-refractivity contribution is -0.141. The molecule has 8 nitrogen and oxygen atoms in total. The van der Waals surface area contributed by atoms with Gasteiger partial charge in [-0.2, -0.15) is 0 Å². The van der Waals surface area contributed by atoms with Crippen LogP contribution >= 0.6 is 0 Å². The first-order chi connectivity index (χ1) is 14.8. The van der Waals surface area contributed by atoms with Crippen molar-refractivity contribution >= 4 is 17.9 Å². The molecule has 2 saturated heterocycles. The molecule has 1 aromatic carbocycles. The maximum absolute atomic E-state index is 13.5. The fourth-order valence-corrected chi connectivity index (χ4v) is 4.07. The SMILES string of the molecule is COc1ccc(C[C@H](CC(=O)N2CCN(C)CC2)C(=O)N2C(=O)OC[C@@H]2C(C)C)cc1. The standard InChI is InChI=1S/C23H33N3O5/c1-16(2)20-15-31-23(29)26(20)22(28)18(13-17-5-7-19(30-4)8-6-17)14-21(27)25-11-9-24(3)10-12-25/h5-8,16,18,20H,9-15H2,1-4H3/t18-,20-/m1/s1. The molecule has 0 N–H and O–H groups in total. The summed E-state index contributed by atoms with van der Waals surface area (Å²) in [7, 11) is 3.63. The molecule has 2 aliphatic heterocycles. The van der Waals surface area contributed by atoms with Crippen molar-refractivity contribution < 1.29 is 23.9 Å². The first-order valence-corrected chi connectivity index (χ1v) is 10.9. The highest BCUT2D eigenvalue weighted by atomic mass is 16.6. The van der Waals surface area contributed by atoms with Gasteiger partial charge in [0.2, 0.25) is 11.8 Å². The number of methoxy groups -OCH3 is 1. The zero-order valence-electron chi connectivity index (χ0n) is 18.9. The Kier molecular flexibility index (Phi) is 7.54. The van der Waals surface area contributed by atoms with Gasteiger partial charge in [0.25, 0.3) is 0 Å². The highest BCUT2D eigenvalue weighted by Crippen LogP contribution is 2.26. The van der Waals surface area contributed by atoms with Gasteiger partial charge in [-0.25, -0.2) is 9.69 Å². The Hall–Kier alpha value is -2.61. The molecule has 3 rings (SSSR count). The Morgan fingerprint density at radius 1 is 1.13 bits per heavy atom. The quantitative estimate of drug-likeness (QED) is 0.657. The predicted molar refractivity (Wildman–Crippen MR) is 116 cm³/mol. The molecule has 3 amide bonds. The van der Waals surface area contributed by atoms with Crippen LogP contribution in [0.25, 0.3) is 0 Å². The Morgan fingerprint density at radius 3 is 2.35 bits per heavy atom. The number of carbonyl (C=O) groups is 3. The smallest absolute Gasteiger partial charge is 0.416 e. The summed E-state index contributed by atoms with van der Waals surface area (Å²) < 4.78 is 10.4. The molecule has 2 heterocycles. The van der Waals surface area contributed by atoms with E-state index in [1.165, 1.54) is 4.90 Å². The van der Waals surface area contributed by atoms with Crippen LogP contribution < -0.4 is 4.74 Å². The molecule has 1 aromatic rings. The largest absolute Gasteiger partial charge is 0.497 e. The van der Waals surface area contributed by atoms with Crippen LogP contribution in [-0.4, -0.2) is 85.6 Å². The van der Waals surface area contributed by atoms with Crippen LogP contribution in [0, 0.1) is 11.8 Å². The molecule has 170 valence electrons. The number of nitrogens with zero attached hydrogens (tertiary/aromatic N) is 3. The van der Waals surface area contributed by atoms with Crippen molar-refractivity contribution in [3.8, 4) is 5.75 Å². The minimum Gasteiger partial charge on any atom is -0.497 e. The third-order valence-corrected chi connectivity index (χ3v) is 6.18. The fourth-order valence-electron chi connectivity index (χ4n) is 4.07. The number of benzene rings is 1. The topological polar surface area (TPSA) is 79.4 Å². The van der Waals surface area contributed by atoms with E-state index < -0.39 is 12.0 Å². The number of hydrogen-bond acceptors (Lipinski definition) is 6. The molecule has 0 aliphatic carbocycles. The maximum atomic E-state index is 13.5. The van der Waals surface area contributed by atoms with E-state index in [0.29, 0.717) is 19.5 Å². The molecule has 0 unspecified atom stereocenters. The van der Waals surface area contributed by atoms with Crippen LogP contribution in [0.5, 0.6) is 5.75 Å². The molecule has 2 atom stereocenters. The van der Waals surface area contributed by atoms with Crippen molar-refractivity contribution in [1.82, 2.24) is 14.7 Å². The van der Waals surface area contributed by atoms with E-state index in [4.69, 9.17) is 9.47 Å². The number of rotatable bonds is 7. The van der Waals surface area contributed by atoms with Crippen molar-refractivity contribution in [2.45, 2.75) is 32.7 Å². The summed E-state index contributed by atoms with van der Waals surface area (Å²) >= 11 is 0. The van der Waals surface area contributed by atoms with Gasteiger partial charge in [0.1, 0.15) is 12.4 Å². The summed E-state index contributed by atoms with van der Waals surface area (Å²) in [5, 5.41) is 0. The lowest BCUT2D eigenvalue weighted by Gasteiger charge is -2.34. The molecule has 2 aliphatic rings. The summed E-state index contributed by atoms with van der Waals surface area (Å²) in [4.78, 5) is 44.1. The van der Waals surface area contributed by atoms with E-state index in [0.717, 1.165) is 24.4 Å². The van der Waals surface area contributed by atoms with Gasteiger partial charge in [-0.05, 0) is 37.1 Å². The van der Waals surface area contributed by atoms with Crippen LogP contribution in [0.3, 0.4) is 0 Å². The highest BCUT2D eigenvalue weighted by Gasteiger charge is 2.42. The molecular weight excluding hydrogens is 398 g/mol. The lowest BCUT2D eigenvalue weighted by atomic mass is 9.92. The number of ether oxygens (including phenoxy) is 2. The number of amides is 3. The predicted octanol–water partition coefficient (Wildman–Crippen LogP) is 2.02. The first kappa shape index (κ1) is 23.1. The number of imide groups is 1. The average Bonchev–Trinajstić information content (AvgIpc) is 3.15. The Labute approximate surface area is 184 Å². The van der Waals surface area contributed by atoms with Crippen molar-refractivity contribution in [1.29, 1.82) is 0 Å². The van der Waals surface area contributed by atoms with Gasteiger partial charge in [0.15, 0.2) is 0 Å². The Bertz CT molecular complexity index is 787. The number of cyclic esters (lactones) is 1. The third kappa shape index (κ3) is 5.55. The summed E-state index contributed by atoms with van der Waals surface area (Å²) in [6.07, 6.45) is -0.171. The number of carbonyl (C=O) groups excluding carboxylic acids is 3. The lowest BCUT2D eigenvalue weighted by Crippen LogP contribution is -2.49. The number of piperazine rings is 1. The molecule has 2 fully saturated rings. The van der Waals surface area contributed by atoms with Crippen LogP contribution in [0.1, 0.15) is 25.8 Å². The van der Waals surface area contributed by atoms with E-state index in [-0.39, 0.29) is 36.8 Å². The summed E-state index contributed by atoms with van der Waals surface area (Å²) in [5.41, 5.74) is 0.916. The fraction of sp³-hybridized carbons (Fsp3) is 0.609. The second-order valence-electron chi connectivity index (χ2n) is 8.73. The number of hydrogen-bond donors (Lipinski definition) is 0. The first-order valence-electron chi connectivity index (χ1n) is 10.9. The molecule has 0 bridgehead atoms. The molecule has 0 saturated carbocycles. The van der Waals surface area contributed by atoms with Gasteiger partial charge < -0.3 is 19.3 Å². The monoisotopic (exact) mass is 431 g/mol. The Balaban J connectivity index is 1.79. The average molecular weight is 432 g/mol. The zero-order chi connectivity index (χ0) is 22.5. The minimum atomic E-state index is -0.632. The summed E-state index contributed by atoms with van der Waals surface area (Å²) in [6.45, 7) is 7.05. The van der Waals surface area contributed by atoms with E-state index in [1.54, 1.807) is 7.11 Å². The van der Waals surface area contributed by atoms with E-state index in [1.807, 2.05) is 50.1 Å². The van der Waals surface area contributed by atoms with Gasteiger partial charge in [0, 0.05) is 32.6 Å². The van der Waals surface area contributed by atoms with Gasteiger partial charge >= 0.3 is 6.09 Å². The van der Waals surface area contributed by atoms with Gasteiger partial charge in [-0.3, -0.25) is 9.59 Å². The molecule has 8 heteroatoms. The zero-order valence-corrected chi connectivity index (χ0v) is 18.9. The Morgan fingerprint density at radius 2 is 1.77 bits per heavy atom. The highest BCUT2D eigenvalue weighted by molar-refractivity contribution is 5.96. The van der Waals surface area contributed by atoms with Crippen LogP contribution in [-0.2, 0) is 20.7 Å². The van der Waals surface area contributed by atoms with Gasteiger partial charge in [-0.1, -0.05) is 26.0 Å². The van der Waals surface area contributed by atoms with Gasteiger partial charge in [-0.15, -0.1) is 0 Å². The van der Waals surface area contributed by atoms with Crippen molar-refractivity contribution in [2.24, 2.45) is 11.8 Å². The van der Waals surface area contributed by atoms with Crippen LogP contribution in [0.4, 0.5) is 4.79 Å². The molecule has 0 spiro atoms. The molecule has 0 radical (unpaired) electrons. The van der Waals surface area contributed by atoms with E-state index >= 15 is 0 Å². The minimum absolute atomic E-state index is 0.0476. The van der Waals surface area contributed by atoms with Crippen molar-refractivity contribution in [3.05, 3.63) is 29.8 Å². The maximum Gasteiger partial charge on any atom is 0.416 e. The van der Waals surface area contributed by atoms with E-state index in [2.05, 4.69) is 4.90 Å². The van der Waals surface area contributed by atoms with Crippen molar-refractivity contribution in [2.75, 3.05) is 46.9 Å². The second kappa shape index (κ2) is 10.1. The van der Waals surface area contributed by atoms with Gasteiger partial charge in [0.05, 0.1) is 19.1 Å². The van der Waals surface area contributed by atoms with E-state index in [9.17, 15) is 14.4 Å². The molecular formula is C23H33N3O5. The number of likely N-dealkylation sites (N-methyl/N-ethyl adjacent to an activating group) is 1. The summed E-state index contributed by atoms with van der Waals surface area (Å²) in [5.74, 6) is -0.214. The second-order valence-corrected chi connectivity index (χ2v) is 8.73. The normalized spacial score (nSPS) is 20.7. The third-order valence-electron chi connectivity index (χ3n) is 6.18.